The van der Waals surface area contributed by atoms with Crippen LogP contribution in [0.5, 0.6) is 0 Å². The second-order valence-electron chi connectivity index (χ2n) is 3.94. The lowest BCUT2D eigenvalue weighted by atomic mass is 10.1. The Bertz CT molecular complexity index is 414. The van der Waals surface area contributed by atoms with Crippen LogP contribution in [-0.2, 0) is 16.0 Å². The lowest BCUT2D eigenvalue weighted by Crippen LogP contribution is -2.52. The number of rotatable bonds is 6. The monoisotopic (exact) mass is 287 g/mol. The highest BCUT2D eigenvalue weighted by molar-refractivity contribution is 5.89. The number of nitrogens with one attached hydrogen (secondary N) is 1. The first-order valence-electron chi connectivity index (χ1n) is 5.54. The standard InChI is InChI=1S/C12H17N3O3.ClH/c13-9(7-16)12(18)15-10(11(14)17)6-8-4-2-1-3-5-8;/h1-5,9-10,16H,6-7,13H2,(H2,14,17)(H,15,18);1H/t9-,10-;/m0./s1. The van der Waals surface area contributed by atoms with E-state index >= 15 is 0 Å². The molecule has 0 bridgehead atoms. The molecule has 0 heterocycles. The first-order valence-corrected chi connectivity index (χ1v) is 5.54. The highest BCUT2D eigenvalue weighted by Gasteiger charge is 2.21. The van der Waals surface area contributed by atoms with Crippen LogP contribution in [-0.4, -0.2) is 35.6 Å². The Morgan fingerprint density at radius 2 is 1.84 bits per heavy atom. The summed E-state index contributed by atoms with van der Waals surface area (Å²) in [6, 6.07) is 7.27. The van der Waals surface area contributed by atoms with E-state index in [0.717, 1.165) is 5.56 Å². The highest BCUT2D eigenvalue weighted by atomic mass is 35.5. The number of halogens is 1. The maximum Gasteiger partial charge on any atom is 0.240 e. The number of benzene rings is 1. The minimum absolute atomic E-state index is 0. The molecule has 1 aromatic carbocycles. The zero-order valence-electron chi connectivity index (χ0n) is 10.3. The molecule has 1 aromatic rings. The van der Waals surface area contributed by atoms with Crippen LogP contribution in [0.3, 0.4) is 0 Å². The Labute approximate surface area is 117 Å². The van der Waals surface area contributed by atoms with Crippen LogP contribution in [0, 0.1) is 0 Å². The minimum Gasteiger partial charge on any atom is -0.394 e. The predicted molar refractivity (Wildman–Crippen MR) is 73.6 cm³/mol. The Balaban J connectivity index is 0.00000324. The fourth-order valence-electron chi connectivity index (χ4n) is 1.43. The van der Waals surface area contributed by atoms with Crippen molar-refractivity contribution < 1.29 is 14.7 Å². The molecule has 6 nitrogen and oxygen atoms in total. The molecule has 0 aliphatic heterocycles. The molecule has 0 fully saturated rings. The quantitative estimate of drug-likeness (QED) is 0.533. The van der Waals surface area contributed by atoms with Crippen LogP contribution in [0.2, 0.25) is 0 Å². The van der Waals surface area contributed by atoms with E-state index in [9.17, 15) is 9.59 Å². The molecule has 2 atom stereocenters. The molecule has 0 saturated carbocycles. The van der Waals surface area contributed by atoms with Gasteiger partial charge < -0.3 is 21.9 Å². The molecule has 0 radical (unpaired) electrons. The van der Waals surface area contributed by atoms with Gasteiger partial charge in [0, 0.05) is 6.42 Å². The average Bonchev–Trinajstić information content (AvgIpc) is 2.37. The molecule has 6 N–H and O–H groups in total. The Hall–Kier alpha value is -1.63. The molecule has 106 valence electrons. The van der Waals surface area contributed by atoms with Crippen molar-refractivity contribution in [2.24, 2.45) is 11.5 Å². The molecule has 19 heavy (non-hydrogen) atoms. The average molecular weight is 288 g/mol. The second kappa shape index (κ2) is 8.47. The van der Waals surface area contributed by atoms with Crippen LogP contribution in [0.15, 0.2) is 30.3 Å². The fraction of sp³-hybridized carbons (Fsp3) is 0.333. The van der Waals surface area contributed by atoms with Crippen LogP contribution in [0.4, 0.5) is 0 Å². The first-order chi connectivity index (χ1) is 8.54. The third-order valence-electron chi connectivity index (χ3n) is 2.48. The van der Waals surface area contributed by atoms with Gasteiger partial charge in [0.2, 0.25) is 11.8 Å². The van der Waals surface area contributed by atoms with Crippen molar-refractivity contribution in [3.05, 3.63) is 35.9 Å². The summed E-state index contributed by atoms with van der Waals surface area (Å²) in [7, 11) is 0. The molecule has 0 spiro atoms. The van der Waals surface area contributed by atoms with E-state index in [2.05, 4.69) is 5.32 Å². The molecule has 0 aliphatic rings. The van der Waals surface area contributed by atoms with Crippen LogP contribution >= 0.6 is 12.4 Å². The van der Waals surface area contributed by atoms with E-state index < -0.39 is 30.5 Å². The maximum atomic E-state index is 11.5. The zero-order valence-corrected chi connectivity index (χ0v) is 11.1. The van der Waals surface area contributed by atoms with Crippen LogP contribution < -0.4 is 16.8 Å². The number of carbonyl (C=O) groups is 2. The van der Waals surface area contributed by atoms with Gasteiger partial charge in [-0.2, -0.15) is 0 Å². The third-order valence-corrected chi connectivity index (χ3v) is 2.48. The highest BCUT2D eigenvalue weighted by Crippen LogP contribution is 2.03. The minimum atomic E-state index is -1.05. The maximum absolute atomic E-state index is 11.5. The normalized spacial score (nSPS) is 12.9. The van der Waals surface area contributed by atoms with Crippen molar-refractivity contribution in [3.63, 3.8) is 0 Å². The number of hydrogen-bond donors (Lipinski definition) is 4. The van der Waals surface area contributed by atoms with E-state index in [1.165, 1.54) is 0 Å². The van der Waals surface area contributed by atoms with E-state index in [1.807, 2.05) is 30.3 Å². The van der Waals surface area contributed by atoms with E-state index in [1.54, 1.807) is 0 Å². The van der Waals surface area contributed by atoms with Crippen molar-refractivity contribution in [1.82, 2.24) is 5.32 Å². The van der Waals surface area contributed by atoms with Gasteiger partial charge in [-0.3, -0.25) is 9.59 Å². The van der Waals surface area contributed by atoms with Gasteiger partial charge in [-0.1, -0.05) is 30.3 Å². The lowest BCUT2D eigenvalue weighted by Gasteiger charge is -2.17. The van der Waals surface area contributed by atoms with Gasteiger partial charge in [0.15, 0.2) is 0 Å². The van der Waals surface area contributed by atoms with Gasteiger partial charge >= 0.3 is 0 Å². The molecule has 1 rings (SSSR count). The van der Waals surface area contributed by atoms with Crippen molar-refractivity contribution in [2.45, 2.75) is 18.5 Å². The molecular weight excluding hydrogens is 270 g/mol. The Morgan fingerprint density at radius 3 is 2.32 bits per heavy atom. The third kappa shape index (κ3) is 5.69. The van der Waals surface area contributed by atoms with Gasteiger partial charge in [0.05, 0.1) is 6.61 Å². The SMILES string of the molecule is Cl.NC(=O)[C@H](Cc1ccccc1)NC(=O)[C@@H](N)CO. The fourth-order valence-corrected chi connectivity index (χ4v) is 1.43. The number of hydrogen-bond acceptors (Lipinski definition) is 4. The molecule has 0 aromatic heterocycles. The van der Waals surface area contributed by atoms with Gasteiger partial charge in [0.25, 0.3) is 0 Å². The van der Waals surface area contributed by atoms with E-state index in [0.29, 0.717) is 6.42 Å². The van der Waals surface area contributed by atoms with Crippen molar-refractivity contribution in [1.29, 1.82) is 0 Å². The number of primary amides is 1. The summed E-state index contributed by atoms with van der Waals surface area (Å²) in [4.78, 5) is 22.7. The van der Waals surface area contributed by atoms with E-state index in [4.69, 9.17) is 16.6 Å². The van der Waals surface area contributed by atoms with Gasteiger partial charge in [-0.05, 0) is 5.56 Å². The summed E-state index contributed by atoms with van der Waals surface area (Å²) in [5, 5.41) is 11.2. The van der Waals surface area contributed by atoms with Crippen LogP contribution in [0.1, 0.15) is 5.56 Å². The number of carbonyl (C=O) groups excluding carboxylic acids is 2. The van der Waals surface area contributed by atoms with Gasteiger partial charge in [-0.15, -0.1) is 12.4 Å². The largest absolute Gasteiger partial charge is 0.394 e. The summed E-state index contributed by atoms with van der Waals surface area (Å²) in [6.45, 7) is -0.483. The number of aliphatic hydroxyl groups is 1. The second-order valence-corrected chi connectivity index (χ2v) is 3.94. The summed E-state index contributed by atoms with van der Waals surface area (Å²) < 4.78 is 0. The molecule has 0 unspecified atom stereocenters. The summed E-state index contributed by atoms with van der Waals surface area (Å²) >= 11 is 0. The lowest BCUT2D eigenvalue weighted by molar-refractivity contribution is -0.128. The first kappa shape index (κ1) is 17.4. The Morgan fingerprint density at radius 1 is 1.26 bits per heavy atom. The summed E-state index contributed by atoms with van der Waals surface area (Å²) in [5.41, 5.74) is 11.4. The van der Waals surface area contributed by atoms with Crippen molar-refractivity contribution in [2.75, 3.05) is 6.61 Å². The molecule has 2 amide bonds. The topological polar surface area (TPSA) is 118 Å². The Kier molecular flexibility index (Phi) is 7.74. The summed E-state index contributed by atoms with van der Waals surface area (Å²) in [6.07, 6.45) is 0.292. The molecule has 0 aliphatic carbocycles. The van der Waals surface area contributed by atoms with Crippen molar-refractivity contribution in [3.8, 4) is 0 Å². The molecule has 0 saturated heterocycles. The van der Waals surface area contributed by atoms with Gasteiger partial charge in [0.1, 0.15) is 12.1 Å². The van der Waals surface area contributed by atoms with E-state index in [-0.39, 0.29) is 12.4 Å². The number of nitrogens with two attached hydrogens (primary N) is 2. The predicted octanol–water partition coefficient (Wildman–Crippen LogP) is -1.06. The summed E-state index contributed by atoms with van der Waals surface area (Å²) in [5.74, 6) is -1.24. The van der Waals surface area contributed by atoms with Gasteiger partial charge in [-0.25, -0.2) is 0 Å². The molecular formula is C12H18ClN3O3. The smallest absolute Gasteiger partial charge is 0.240 e. The number of aliphatic hydroxyl groups excluding tert-OH is 1. The van der Waals surface area contributed by atoms with Crippen LogP contribution in [0.25, 0.3) is 0 Å². The van der Waals surface area contributed by atoms with Crippen molar-refractivity contribution >= 4 is 24.2 Å². The number of amides is 2. The molecule has 7 heteroatoms. The zero-order chi connectivity index (χ0) is 13.5.